The van der Waals surface area contributed by atoms with Crippen LogP contribution < -0.4 is 5.32 Å². The van der Waals surface area contributed by atoms with Crippen LogP contribution in [-0.2, 0) is 0 Å². The fourth-order valence-electron chi connectivity index (χ4n) is 5.01. The Bertz CT molecular complexity index is 881. The van der Waals surface area contributed by atoms with Gasteiger partial charge < -0.3 is 19.5 Å². The maximum Gasteiger partial charge on any atom is 0.204 e. The Morgan fingerprint density at radius 1 is 1.31 bits per heavy atom. The van der Waals surface area contributed by atoms with Crippen molar-refractivity contribution in [1.82, 2.24) is 14.8 Å². The fraction of sp³-hybridized carbons (Fsp3) is 0.636. The van der Waals surface area contributed by atoms with Gasteiger partial charge in [0.25, 0.3) is 0 Å². The van der Waals surface area contributed by atoms with Crippen molar-refractivity contribution in [1.29, 1.82) is 5.26 Å². The number of likely N-dealkylation sites (tertiary alicyclic amines) is 1. The summed E-state index contributed by atoms with van der Waals surface area (Å²) in [5.74, 6) is 1.97. The van der Waals surface area contributed by atoms with E-state index in [1.807, 2.05) is 0 Å². The van der Waals surface area contributed by atoms with Crippen molar-refractivity contribution < 1.29 is 4.42 Å². The number of anilines is 1. The average Bonchev–Trinajstić information content (AvgIpc) is 3.15. The quantitative estimate of drug-likeness (QED) is 0.711. The molecule has 0 spiro atoms. The minimum atomic E-state index is 0.314. The lowest BCUT2D eigenvalue weighted by molar-refractivity contribution is 0.0862. The highest BCUT2D eigenvalue weighted by molar-refractivity contribution is 9.10. The summed E-state index contributed by atoms with van der Waals surface area (Å²) in [5, 5.41) is 13.6. The van der Waals surface area contributed by atoms with Crippen LogP contribution in [0.25, 0.3) is 11.0 Å². The molecule has 0 aromatic carbocycles. The highest BCUT2D eigenvalue weighted by atomic mass is 79.9. The maximum absolute atomic E-state index is 9.05. The van der Waals surface area contributed by atoms with Gasteiger partial charge in [-0.1, -0.05) is 0 Å². The predicted molar refractivity (Wildman–Crippen MR) is 119 cm³/mol. The zero-order chi connectivity index (χ0) is 20.4. The summed E-state index contributed by atoms with van der Waals surface area (Å²) >= 11 is 3.65. The van der Waals surface area contributed by atoms with Crippen LogP contribution in [0.5, 0.6) is 0 Å². The van der Waals surface area contributed by atoms with Crippen LogP contribution in [-0.4, -0.2) is 60.6 Å². The molecular formula is C22H30BrN5O. The lowest BCUT2D eigenvalue weighted by Gasteiger charge is -2.42. The van der Waals surface area contributed by atoms with E-state index in [0.717, 1.165) is 27.6 Å². The number of pyridine rings is 1. The standard InChI is InChI=1S/C22H30BrN5O/c1-27(2)13-15-4-3-9-28(14-15)17-7-5-16(6-8-17)26-22-21(23)19-10-18(11-24)29-20(19)12-25-22/h10,12,15-17H,3-9,13-14H2,1-2H3,(H,25,26)/t15-,16?,17?/m1/s1. The Labute approximate surface area is 181 Å². The molecule has 2 aromatic heterocycles. The third-order valence-corrected chi connectivity index (χ3v) is 7.16. The molecule has 1 saturated carbocycles. The second-order valence-corrected chi connectivity index (χ2v) is 9.63. The number of nitrogens with one attached hydrogen (secondary N) is 1. The fourth-order valence-corrected chi connectivity index (χ4v) is 5.54. The Kier molecular flexibility index (Phi) is 6.43. The predicted octanol–water partition coefficient (Wildman–Crippen LogP) is 4.46. The number of rotatable bonds is 5. The van der Waals surface area contributed by atoms with Gasteiger partial charge in [-0.05, 0) is 81.0 Å². The molecule has 2 aromatic rings. The van der Waals surface area contributed by atoms with Crippen LogP contribution in [0.2, 0.25) is 0 Å². The number of nitriles is 1. The third-order valence-electron chi connectivity index (χ3n) is 6.35. The van der Waals surface area contributed by atoms with Crippen molar-refractivity contribution in [3.63, 3.8) is 0 Å². The molecule has 1 atom stereocenters. The van der Waals surface area contributed by atoms with Crippen molar-refractivity contribution in [2.45, 2.75) is 50.6 Å². The van der Waals surface area contributed by atoms with Crippen LogP contribution >= 0.6 is 15.9 Å². The summed E-state index contributed by atoms with van der Waals surface area (Å²) in [7, 11) is 4.37. The molecular weight excluding hydrogens is 430 g/mol. The summed E-state index contributed by atoms with van der Waals surface area (Å²) in [6, 6.07) is 4.99. The summed E-state index contributed by atoms with van der Waals surface area (Å²) in [4.78, 5) is 9.60. The largest absolute Gasteiger partial charge is 0.444 e. The molecule has 6 nitrogen and oxygen atoms in total. The molecule has 0 radical (unpaired) electrons. The van der Waals surface area contributed by atoms with Gasteiger partial charge in [0.1, 0.15) is 11.9 Å². The first-order valence-electron chi connectivity index (χ1n) is 10.7. The van der Waals surface area contributed by atoms with Crippen LogP contribution in [0.4, 0.5) is 5.82 Å². The van der Waals surface area contributed by atoms with Gasteiger partial charge in [-0.2, -0.15) is 5.26 Å². The van der Waals surface area contributed by atoms with E-state index >= 15 is 0 Å². The van der Waals surface area contributed by atoms with E-state index in [1.54, 1.807) is 12.3 Å². The molecule has 0 amide bonds. The monoisotopic (exact) mass is 459 g/mol. The first-order valence-corrected chi connectivity index (χ1v) is 11.5. The van der Waals surface area contributed by atoms with Crippen molar-refractivity contribution in [2.24, 2.45) is 5.92 Å². The van der Waals surface area contributed by atoms with E-state index < -0.39 is 0 Å². The summed E-state index contributed by atoms with van der Waals surface area (Å²) < 4.78 is 6.35. The van der Waals surface area contributed by atoms with Gasteiger partial charge >= 0.3 is 0 Å². The van der Waals surface area contributed by atoms with Crippen LogP contribution in [0.3, 0.4) is 0 Å². The highest BCUT2D eigenvalue weighted by Crippen LogP contribution is 2.34. The second kappa shape index (κ2) is 9.03. The number of hydrogen-bond donors (Lipinski definition) is 1. The van der Waals surface area contributed by atoms with Gasteiger partial charge in [0, 0.05) is 36.6 Å². The summed E-state index contributed by atoms with van der Waals surface area (Å²) in [5.41, 5.74) is 0.639. The number of nitrogens with zero attached hydrogens (tertiary/aromatic N) is 4. The normalized spacial score (nSPS) is 26.0. The van der Waals surface area contributed by atoms with E-state index in [-0.39, 0.29) is 0 Å². The molecule has 29 heavy (non-hydrogen) atoms. The number of aromatic nitrogens is 1. The first kappa shape index (κ1) is 20.6. The second-order valence-electron chi connectivity index (χ2n) is 8.84. The molecule has 1 saturated heterocycles. The Morgan fingerprint density at radius 2 is 2.10 bits per heavy atom. The highest BCUT2D eigenvalue weighted by Gasteiger charge is 2.30. The number of furan rings is 1. The Hall–Kier alpha value is -1.62. The Morgan fingerprint density at radius 3 is 2.83 bits per heavy atom. The molecule has 1 aliphatic carbocycles. The molecule has 1 N–H and O–H groups in total. The molecule has 156 valence electrons. The van der Waals surface area contributed by atoms with Crippen molar-refractivity contribution in [2.75, 3.05) is 39.0 Å². The summed E-state index contributed by atoms with van der Waals surface area (Å²) in [6.07, 6.45) is 9.24. The minimum Gasteiger partial charge on any atom is -0.444 e. The zero-order valence-corrected chi connectivity index (χ0v) is 18.9. The number of halogens is 1. The van der Waals surface area contributed by atoms with Crippen molar-refractivity contribution in [3.8, 4) is 6.07 Å². The minimum absolute atomic E-state index is 0.314. The molecule has 2 aliphatic rings. The molecule has 4 rings (SSSR count). The van der Waals surface area contributed by atoms with Gasteiger partial charge in [-0.25, -0.2) is 4.98 Å². The number of piperidine rings is 1. The van der Waals surface area contributed by atoms with E-state index in [1.165, 1.54) is 58.2 Å². The van der Waals surface area contributed by atoms with Gasteiger partial charge in [0.05, 0.1) is 10.7 Å². The molecule has 0 unspecified atom stereocenters. The van der Waals surface area contributed by atoms with Crippen molar-refractivity contribution in [3.05, 3.63) is 22.5 Å². The van der Waals surface area contributed by atoms with Crippen LogP contribution in [0.1, 0.15) is 44.3 Å². The van der Waals surface area contributed by atoms with Gasteiger partial charge in [-0.15, -0.1) is 0 Å². The van der Waals surface area contributed by atoms with E-state index in [9.17, 15) is 0 Å². The zero-order valence-electron chi connectivity index (χ0n) is 17.3. The van der Waals surface area contributed by atoms with E-state index in [4.69, 9.17) is 9.68 Å². The number of hydrogen-bond acceptors (Lipinski definition) is 6. The first-order chi connectivity index (χ1) is 14.0. The van der Waals surface area contributed by atoms with E-state index in [2.05, 4.69) is 56.2 Å². The van der Waals surface area contributed by atoms with Crippen molar-refractivity contribution >= 4 is 32.7 Å². The third kappa shape index (κ3) is 4.76. The van der Waals surface area contributed by atoms with Gasteiger partial charge in [0.2, 0.25) is 5.76 Å². The molecule has 0 bridgehead atoms. The molecule has 2 fully saturated rings. The lowest BCUT2D eigenvalue weighted by Crippen LogP contribution is -2.47. The maximum atomic E-state index is 9.05. The molecule has 1 aliphatic heterocycles. The van der Waals surface area contributed by atoms with Crippen LogP contribution in [0, 0.1) is 17.2 Å². The van der Waals surface area contributed by atoms with Gasteiger partial charge in [-0.3, -0.25) is 0 Å². The summed E-state index contributed by atoms with van der Waals surface area (Å²) in [6.45, 7) is 3.72. The SMILES string of the molecule is CN(C)C[C@H]1CCCN(C2CCC(Nc3ncc4oc(C#N)cc4c3Br)CC2)C1. The average molecular weight is 460 g/mol. The number of fused-ring (bicyclic) bond motifs is 1. The van der Waals surface area contributed by atoms with Crippen LogP contribution in [0.15, 0.2) is 21.2 Å². The molecule has 3 heterocycles. The van der Waals surface area contributed by atoms with Gasteiger partial charge in [0.15, 0.2) is 5.58 Å². The molecule has 7 heteroatoms. The van der Waals surface area contributed by atoms with E-state index in [0.29, 0.717) is 17.4 Å². The topological polar surface area (TPSA) is 68.3 Å². The lowest BCUT2D eigenvalue weighted by atomic mass is 9.87. The Balaban J connectivity index is 1.34. The smallest absolute Gasteiger partial charge is 0.204 e.